The van der Waals surface area contributed by atoms with Crippen LogP contribution >= 0.6 is 0 Å². The van der Waals surface area contributed by atoms with E-state index >= 15 is 0 Å². The van der Waals surface area contributed by atoms with Crippen LogP contribution in [0, 0.1) is 10.8 Å². The molecule has 0 bridgehead atoms. The Bertz CT molecular complexity index is 468. The summed E-state index contributed by atoms with van der Waals surface area (Å²) in [6.07, 6.45) is 2.21. The number of nitrogens with zero attached hydrogens (tertiary/aromatic N) is 1. The highest BCUT2D eigenvalue weighted by molar-refractivity contribution is 5.61. The van der Waals surface area contributed by atoms with Gasteiger partial charge in [0.1, 0.15) is 11.9 Å². The maximum absolute atomic E-state index is 11.6. The van der Waals surface area contributed by atoms with Crippen LogP contribution < -0.4 is 4.74 Å². The van der Waals surface area contributed by atoms with E-state index in [1.165, 1.54) is 32.1 Å². The molecule has 0 saturated carbocycles. The highest BCUT2D eigenvalue weighted by atomic mass is 16.6. The largest absolute Gasteiger partial charge is 0.651 e. The third kappa shape index (κ3) is 8.96. The minimum absolute atomic E-state index is 0.221. The third-order valence-electron chi connectivity index (χ3n) is 3.22. The molecule has 0 aliphatic heterocycles. The van der Waals surface area contributed by atoms with Crippen LogP contribution in [0.2, 0.25) is 0 Å². The Kier molecular flexibility index (Phi) is 10.7. The van der Waals surface area contributed by atoms with Crippen LogP contribution in [0.25, 0.3) is 0 Å². The average molecular weight is 324 g/mol. The molecule has 0 heterocycles. The fraction of sp³-hybridized carbons (Fsp3) is 0.611. The summed E-state index contributed by atoms with van der Waals surface area (Å²) in [5.41, 5.74) is 0.221. The molecule has 1 aromatic carbocycles. The average Bonchev–Trinajstić information content (AvgIpc) is 2.54. The van der Waals surface area contributed by atoms with Crippen LogP contribution in [0.15, 0.2) is 24.3 Å². The maximum atomic E-state index is 11.6. The molecule has 0 aliphatic carbocycles. The van der Waals surface area contributed by atoms with Crippen molar-refractivity contribution in [2.75, 3.05) is 7.11 Å². The zero-order valence-corrected chi connectivity index (χ0v) is 15.2. The van der Waals surface area contributed by atoms with Gasteiger partial charge >= 0.3 is 6.09 Å². The van der Waals surface area contributed by atoms with E-state index in [1.54, 1.807) is 19.1 Å². The Morgan fingerprint density at radius 2 is 1.70 bits per heavy atom. The molecular formula is C18H30NO4+. The van der Waals surface area contributed by atoms with E-state index in [2.05, 4.69) is 20.8 Å². The molecule has 0 N–H and O–H groups in total. The van der Waals surface area contributed by atoms with E-state index < -0.39 is 6.09 Å². The van der Waals surface area contributed by atoms with Crippen LogP contribution in [0.5, 0.6) is 5.75 Å². The van der Waals surface area contributed by atoms with Crippen molar-refractivity contribution in [3.63, 3.8) is 0 Å². The summed E-state index contributed by atoms with van der Waals surface area (Å²) in [6, 6.07) is 6.22. The number of carbonyl (C=O) groups excluding carboxylic acids is 1. The van der Waals surface area contributed by atoms with Crippen molar-refractivity contribution in [3.05, 3.63) is 29.2 Å². The second-order valence-corrected chi connectivity index (χ2v) is 5.78. The second kappa shape index (κ2) is 11.6. The molecule has 23 heavy (non-hydrogen) atoms. The summed E-state index contributed by atoms with van der Waals surface area (Å²) in [4.78, 5) is 23.0. The van der Waals surface area contributed by atoms with Gasteiger partial charge in [0.05, 0.1) is 7.11 Å². The van der Waals surface area contributed by atoms with Gasteiger partial charge in [0, 0.05) is 17.0 Å². The molecule has 1 aromatic rings. The van der Waals surface area contributed by atoms with Crippen molar-refractivity contribution < 1.29 is 19.0 Å². The Balaban J connectivity index is 0.000000688. The first-order valence-electron chi connectivity index (χ1n) is 8.17. The number of benzene rings is 1. The zero-order valence-electron chi connectivity index (χ0n) is 15.2. The minimum atomic E-state index is -0.899. The Morgan fingerprint density at radius 1 is 1.13 bits per heavy atom. The van der Waals surface area contributed by atoms with E-state index in [0.717, 1.165) is 5.92 Å². The van der Waals surface area contributed by atoms with E-state index in [-0.39, 0.29) is 16.6 Å². The van der Waals surface area contributed by atoms with Gasteiger partial charge in [-0.25, -0.2) is 0 Å². The molecule has 1 atom stereocenters. The smallest absolute Gasteiger partial charge is 0.497 e. The second-order valence-electron chi connectivity index (χ2n) is 5.78. The summed E-state index contributed by atoms with van der Waals surface area (Å²) in [7, 11) is 1.53. The van der Waals surface area contributed by atoms with Gasteiger partial charge in [-0.15, -0.1) is 0 Å². The van der Waals surface area contributed by atoms with Gasteiger partial charge in [-0.1, -0.05) is 40.5 Å². The van der Waals surface area contributed by atoms with Crippen molar-refractivity contribution in [2.24, 2.45) is 5.92 Å². The number of rotatable bonds is 6. The summed E-state index contributed by atoms with van der Waals surface area (Å²) >= 11 is 0. The molecule has 0 saturated heterocycles. The Labute approximate surface area is 139 Å². The first-order valence-corrected chi connectivity index (χ1v) is 8.17. The lowest BCUT2D eigenvalue weighted by atomic mass is 10.1. The van der Waals surface area contributed by atoms with Crippen LogP contribution in [-0.4, -0.2) is 24.1 Å². The molecule has 1 unspecified atom stereocenters. The predicted molar refractivity (Wildman–Crippen MR) is 92.3 cm³/mol. The zero-order chi connectivity index (χ0) is 17.8. The van der Waals surface area contributed by atoms with Gasteiger partial charge in [-0.2, -0.15) is 4.79 Å². The summed E-state index contributed by atoms with van der Waals surface area (Å²) in [5.74, 6) is 1.52. The standard InChI is InChI=1S/C12H16NO4.C6H14/c1-4-9(2)17-12(14)13(15)10-5-7-11(16-3)8-6-10;1-4-5-6(2)3/h5-9H,4H2,1-3H3;6H,4-5H2,1-3H3/q+1;. The number of hydrogen-bond donors (Lipinski definition) is 0. The fourth-order valence-electron chi connectivity index (χ4n) is 1.70. The highest BCUT2D eigenvalue weighted by Gasteiger charge is 2.29. The van der Waals surface area contributed by atoms with Gasteiger partial charge in [0.2, 0.25) is 0 Å². The maximum Gasteiger partial charge on any atom is 0.651 e. The normalized spacial score (nSPS) is 11.3. The highest BCUT2D eigenvalue weighted by Crippen LogP contribution is 2.18. The molecule has 5 nitrogen and oxygen atoms in total. The van der Waals surface area contributed by atoms with E-state index in [9.17, 15) is 9.70 Å². The van der Waals surface area contributed by atoms with Crippen molar-refractivity contribution in [1.29, 1.82) is 0 Å². The molecule has 0 fully saturated rings. The van der Waals surface area contributed by atoms with Crippen LogP contribution in [0.3, 0.4) is 0 Å². The van der Waals surface area contributed by atoms with Gasteiger partial charge < -0.3 is 9.47 Å². The van der Waals surface area contributed by atoms with Crippen molar-refractivity contribution in [3.8, 4) is 5.75 Å². The summed E-state index contributed by atoms with van der Waals surface area (Å²) in [5, 5.41) is 0. The lowest BCUT2D eigenvalue weighted by Crippen LogP contribution is -2.20. The van der Waals surface area contributed by atoms with Gasteiger partial charge in [0.15, 0.2) is 4.76 Å². The van der Waals surface area contributed by atoms with Crippen LogP contribution in [0.4, 0.5) is 10.5 Å². The molecular weight excluding hydrogens is 294 g/mol. The number of methoxy groups -OCH3 is 1. The van der Waals surface area contributed by atoms with Gasteiger partial charge in [-0.3, -0.25) is 0 Å². The topological polar surface area (TPSA) is 55.6 Å². The predicted octanol–water partition coefficient (Wildman–Crippen LogP) is 5.48. The number of carbonyl (C=O) groups is 1. The molecule has 1 rings (SSSR count). The third-order valence-corrected chi connectivity index (χ3v) is 3.22. The van der Waals surface area contributed by atoms with Crippen molar-refractivity contribution in [2.45, 2.75) is 60.0 Å². The molecule has 0 radical (unpaired) electrons. The summed E-state index contributed by atoms with van der Waals surface area (Å²) in [6.45, 7) is 10.3. The van der Waals surface area contributed by atoms with Crippen molar-refractivity contribution >= 4 is 11.8 Å². The lowest BCUT2D eigenvalue weighted by molar-refractivity contribution is -0.382. The summed E-state index contributed by atoms with van der Waals surface area (Å²) < 4.78 is 10.1. The molecule has 1 amide bonds. The minimum Gasteiger partial charge on any atom is -0.497 e. The van der Waals surface area contributed by atoms with Gasteiger partial charge in [0.25, 0.3) is 5.69 Å². The first kappa shape index (κ1) is 21.1. The molecule has 130 valence electrons. The molecule has 5 heteroatoms. The van der Waals surface area contributed by atoms with E-state index in [4.69, 9.17) is 9.47 Å². The van der Waals surface area contributed by atoms with Crippen LogP contribution in [0.1, 0.15) is 53.9 Å². The number of nitroso groups, excluding NO2 is 1. The fourth-order valence-corrected chi connectivity index (χ4v) is 1.70. The van der Waals surface area contributed by atoms with E-state index in [0.29, 0.717) is 12.2 Å². The Hall–Kier alpha value is -1.91. The number of amides is 1. The van der Waals surface area contributed by atoms with Crippen LogP contribution in [-0.2, 0) is 4.74 Å². The SMILES string of the molecule is CCC(C)OC(=O)[N+](=O)c1ccc(OC)cc1.CCCC(C)C. The first-order chi connectivity index (χ1) is 10.8. The monoisotopic (exact) mass is 324 g/mol. The lowest BCUT2D eigenvalue weighted by Gasteiger charge is -2.04. The number of hydrogen-bond acceptors (Lipinski definition) is 4. The molecule has 0 aliphatic rings. The van der Waals surface area contributed by atoms with Crippen molar-refractivity contribution in [1.82, 2.24) is 0 Å². The Morgan fingerprint density at radius 3 is 2.04 bits per heavy atom. The number of ether oxygens (including phenoxy) is 2. The quantitative estimate of drug-likeness (QED) is 0.650. The molecule has 0 spiro atoms. The molecule has 0 aromatic heterocycles. The van der Waals surface area contributed by atoms with Gasteiger partial charge in [-0.05, 0) is 31.4 Å². The van der Waals surface area contributed by atoms with E-state index in [1.807, 2.05) is 6.92 Å².